The Hall–Kier alpha value is -3.03. The predicted molar refractivity (Wildman–Crippen MR) is 118 cm³/mol. The molecule has 1 heterocycles. The number of nitrogens with one attached hydrogen (secondary N) is 1. The van der Waals surface area contributed by atoms with Crippen molar-refractivity contribution < 1.29 is 29.0 Å². The third-order valence-corrected chi connectivity index (χ3v) is 4.95. The number of para-hydroxylation sites is 1. The quantitative estimate of drug-likeness (QED) is 0.245. The minimum absolute atomic E-state index is 0.109. The molecule has 0 bridgehead atoms. The number of ether oxygens (including phenoxy) is 2. The molecule has 8 nitrogen and oxygen atoms in total. The number of carboxylic acid groups (broad SMARTS) is 1. The summed E-state index contributed by atoms with van der Waals surface area (Å²) in [5.74, 6) is -0.204. The lowest BCUT2D eigenvalue weighted by atomic mass is 10.0. The van der Waals surface area contributed by atoms with E-state index in [4.69, 9.17) is 14.6 Å². The number of urea groups is 1. The molecule has 0 spiro atoms. The van der Waals surface area contributed by atoms with Gasteiger partial charge < -0.3 is 14.6 Å². The Balaban J connectivity index is 0.000000861. The molecule has 3 amide bonds. The molecule has 1 saturated heterocycles. The van der Waals surface area contributed by atoms with Crippen LogP contribution in [0.25, 0.3) is 5.76 Å². The second kappa shape index (κ2) is 13.3. The molecule has 0 aliphatic carbocycles. The Kier molecular flexibility index (Phi) is 11.2. The molecular formula is C23H34N2O6. The third-order valence-electron chi connectivity index (χ3n) is 4.95. The highest BCUT2D eigenvalue weighted by molar-refractivity contribution is 6.15. The van der Waals surface area contributed by atoms with Crippen LogP contribution in [0, 0.1) is 0 Å². The van der Waals surface area contributed by atoms with Gasteiger partial charge in [0.25, 0.3) is 5.91 Å². The fraction of sp³-hybridized carbons (Fsp3) is 0.522. The maximum absolute atomic E-state index is 13.0. The lowest BCUT2D eigenvalue weighted by Gasteiger charge is -2.23. The van der Waals surface area contributed by atoms with Gasteiger partial charge in [0.15, 0.2) is 11.5 Å². The first-order valence-corrected chi connectivity index (χ1v) is 10.6. The zero-order valence-corrected chi connectivity index (χ0v) is 19.1. The van der Waals surface area contributed by atoms with Crippen molar-refractivity contribution in [2.75, 3.05) is 14.2 Å². The lowest BCUT2D eigenvalue weighted by molar-refractivity contribution is -0.136. The van der Waals surface area contributed by atoms with Gasteiger partial charge in [-0.05, 0) is 25.0 Å². The largest absolute Gasteiger partial charge is 0.496 e. The first kappa shape index (κ1) is 26.0. The molecule has 1 aromatic rings. The summed E-state index contributed by atoms with van der Waals surface area (Å²) in [6.45, 7) is 5.73. The van der Waals surface area contributed by atoms with Crippen molar-refractivity contribution in [1.29, 1.82) is 0 Å². The molecule has 1 unspecified atom stereocenters. The van der Waals surface area contributed by atoms with E-state index in [0.717, 1.165) is 32.1 Å². The summed E-state index contributed by atoms with van der Waals surface area (Å²) >= 11 is 0. The SMILES string of the molecule is CCC(=O)O.CCCCCC(CC)N1C(=O)NC(=C(OC)c2ccccc2OC)C1=O. The summed E-state index contributed by atoms with van der Waals surface area (Å²) in [6, 6.07) is 6.75. The van der Waals surface area contributed by atoms with Gasteiger partial charge in [-0.15, -0.1) is 0 Å². The fourth-order valence-electron chi connectivity index (χ4n) is 3.24. The minimum Gasteiger partial charge on any atom is -0.496 e. The third kappa shape index (κ3) is 7.01. The van der Waals surface area contributed by atoms with Crippen LogP contribution in [-0.2, 0) is 14.3 Å². The van der Waals surface area contributed by atoms with Gasteiger partial charge in [0.05, 0.1) is 19.8 Å². The number of carboxylic acids is 1. The maximum Gasteiger partial charge on any atom is 0.329 e. The summed E-state index contributed by atoms with van der Waals surface area (Å²) in [5, 5.41) is 10.4. The number of nitrogens with zero attached hydrogens (tertiary/aromatic N) is 1. The molecule has 2 N–H and O–H groups in total. The van der Waals surface area contributed by atoms with Crippen molar-refractivity contribution >= 4 is 23.7 Å². The molecule has 8 heteroatoms. The Morgan fingerprint density at radius 1 is 1.13 bits per heavy atom. The molecular weight excluding hydrogens is 400 g/mol. The zero-order chi connectivity index (χ0) is 23.4. The predicted octanol–water partition coefficient (Wildman–Crippen LogP) is 4.40. The van der Waals surface area contributed by atoms with E-state index in [1.165, 1.54) is 12.0 Å². The van der Waals surface area contributed by atoms with Crippen molar-refractivity contribution in [3.8, 4) is 5.75 Å². The first-order chi connectivity index (χ1) is 14.9. The van der Waals surface area contributed by atoms with Gasteiger partial charge in [0.2, 0.25) is 0 Å². The summed E-state index contributed by atoms with van der Waals surface area (Å²) in [7, 11) is 3.04. The summed E-state index contributed by atoms with van der Waals surface area (Å²) in [4.78, 5) is 36.2. The van der Waals surface area contributed by atoms with Gasteiger partial charge in [-0.3, -0.25) is 19.8 Å². The van der Waals surface area contributed by atoms with E-state index in [-0.39, 0.29) is 24.1 Å². The number of rotatable bonds is 10. The number of imide groups is 1. The number of aliphatic carboxylic acids is 1. The Morgan fingerprint density at radius 2 is 1.77 bits per heavy atom. The molecule has 2 rings (SSSR count). The van der Waals surface area contributed by atoms with Crippen molar-refractivity contribution in [2.45, 2.75) is 65.3 Å². The maximum atomic E-state index is 13.0. The van der Waals surface area contributed by atoms with E-state index in [9.17, 15) is 14.4 Å². The first-order valence-electron chi connectivity index (χ1n) is 10.6. The molecule has 1 aliphatic rings. The van der Waals surface area contributed by atoms with Crippen LogP contribution in [0.5, 0.6) is 5.75 Å². The van der Waals surface area contributed by atoms with E-state index in [1.54, 1.807) is 26.2 Å². The van der Waals surface area contributed by atoms with Crippen molar-refractivity contribution in [3.63, 3.8) is 0 Å². The second-order valence-corrected chi connectivity index (χ2v) is 7.02. The highest BCUT2D eigenvalue weighted by Gasteiger charge is 2.40. The van der Waals surface area contributed by atoms with Gasteiger partial charge in [-0.25, -0.2) is 4.79 Å². The van der Waals surface area contributed by atoms with Crippen LogP contribution in [0.4, 0.5) is 4.79 Å². The van der Waals surface area contributed by atoms with Crippen LogP contribution in [0.1, 0.15) is 64.9 Å². The Labute approximate surface area is 184 Å². The molecule has 0 aromatic heterocycles. The molecule has 0 radical (unpaired) electrons. The highest BCUT2D eigenvalue weighted by atomic mass is 16.5. The number of benzene rings is 1. The minimum atomic E-state index is -0.745. The van der Waals surface area contributed by atoms with Crippen molar-refractivity contribution in [3.05, 3.63) is 35.5 Å². The molecule has 1 aromatic carbocycles. The number of methoxy groups -OCH3 is 2. The van der Waals surface area contributed by atoms with E-state index < -0.39 is 12.0 Å². The molecule has 0 saturated carbocycles. The van der Waals surface area contributed by atoms with Gasteiger partial charge in [-0.1, -0.05) is 52.2 Å². The average Bonchev–Trinajstić information content (AvgIpc) is 3.06. The topological polar surface area (TPSA) is 105 Å². The normalized spacial score (nSPS) is 15.6. The number of amides is 3. The molecule has 31 heavy (non-hydrogen) atoms. The highest BCUT2D eigenvalue weighted by Crippen LogP contribution is 2.31. The van der Waals surface area contributed by atoms with Crippen LogP contribution >= 0.6 is 0 Å². The molecule has 1 fully saturated rings. The number of hydrogen-bond acceptors (Lipinski definition) is 5. The van der Waals surface area contributed by atoms with Gasteiger partial charge >= 0.3 is 12.0 Å². The van der Waals surface area contributed by atoms with E-state index in [2.05, 4.69) is 12.2 Å². The van der Waals surface area contributed by atoms with Crippen LogP contribution in [-0.4, -0.2) is 48.2 Å². The van der Waals surface area contributed by atoms with E-state index >= 15 is 0 Å². The van der Waals surface area contributed by atoms with Gasteiger partial charge in [-0.2, -0.15) is 0 Å². The molecule has 1 atom stereocenters. The average molecular weight is 435 g/mol. The smallest absolute Gasteiger partial charge is 0.329 e. The van der Waals surface area contributed by atoms with E-state index in [0.29, 0.717) is 17.1 Å². The van der Waals surface area contributed by atoms with Crippen LogP contribution in [0.15, 0.2) is 30.0 Å². The number of carbonyl (C=O) groups excluding carboxylic acids is 2. The van der Waals surface area contributed by atoms with Gasteiger partial charge in [0.1, 0.15) is 5.75 Å². The summed E-state index contributed by atoms with van der Waals surface area (Å²) in [6.07, 6.45) is 4.95. The van der Waals surface area contributed by atoms with Crippen molar-refractivity contribution in [2.24, 2.45) is 0 Å². The zero-order valence-electron chi connectivity index (χ0n) is 19.1. The Bertz CT molecular complexity index is 790. The van der Waals surface area contributed by atoms with Gasteiger partial charge in [0, 0.05) is 12.5 Å². The van der Waals surface area contributed by atoms with Crippen LogP contribution < -0.4 is 10.1 Å². The number of carbonyl (C=O) groups is 3. The summed E-state index contributed by atoms with van der Waals surface area (Å²) in [5.41, 5.74) is 0.790. The lowest BCUT2D eigenvalue weighted by Crippen LogP contribution is -2.40. The standard InChI is InChI=1S/C20H28N2O4.C3H6O2/c1-5-7-8-11-14(6-2)22-19(23)17(21-20(22)24)18(26-4)15-12-9-10-13-16(15)25-3;1-2-3(4)5/h9-10,12-14H,5-8,11H2,1-4H3,(H,21,24);2H2,1H3,(H,4,5). The number of unbranched alkanes of at least 4 members (excludes halogenated alkanes) is 2. The summed E-state index contributed by atoms with van der Waals surface area (Å²) < 4.78 is 10.8. The Morgan fingerprint density at radius 3 is 2.29 bits per heavy atom. The second-order valence-electron chi connectivity index (χ2n) is 7.02. The van der Waals surface area contributed by atoms with Crippen LogP contribution in [0.2, 0.25) is 0 Å². The monoisotopic (exact) mass is 434 g/mol. The fourth-order valence-corrected chi connectivity index (χ4v) is 3.24. The molecule has 172 valence electrons. The van der Waals surface area contributed by atoms with E-state index in [1.807, 2.05) is 19.1 Å². The van der Waals surface area contributed by atoms with Crippen molar-refractivity contribution in [1.82, 2.24) is 10.2 Å². The van der Waals surface area contributed by atoms with Crippen LogP contribution in [0.3, 0.4) is 0 Å². The molecule has 1 aliphatic heterocycles. The number of hydrogen-bond donors (Lipinski definition) is 2.